The fourth-order valence-electron chi connectivity index (χ4n) is 1.77. The van der Waals surface area contributed by atoms with Crippen LogP contribution in [0.1, 0.15) is 26.7 Å². The topological polar surface area (TPSA) is 55.9 Å². The summed E-state index contributed by atoms with van der Waals surface area (Å²) < 4.78 is 27.4. The molecule has 7 heteroatoms. The van der Waals surface area contributed by atoms with Crippen molar-refractivity contribution in [2.75, 3.05) is 54.4 Å². The lowest BCUT2D eigenvalue weighted by Gasteiger charge is -2.25. The van der Waals surface area contributed by atoms with Crippen molar-refractivity contribution in [3.05, 3.63) is 0 Å². The van der Waals surface area contributed by atoms with Crippen molar-refractivity contribution in [1.29, 1.82) is 0 Å². The van der Waals surface area contributed by atoms with E-state index in [1.54, 1.807) is 14.1 Å². The molecule has 0 saturated heterocycles. The van der Waals surface area contributed by atoms with Crippen molar-refractivity contribution in [2.45, 2.75) is 32.7 Å². The Morgan fingerprint density at radius 3 is 1.85 bits per heavy atom. The Kier molecular flexibility index (Phi) is 9.58. The first-order valence-electron chi connectivity index (χ1n) is 7.23. The van der Waals surface area contributed by atoms with Gasteiger partial charge in [-0.1, -0.05) is 13.8 Å². The molecule has 0 spiro atoms. The minimum atomic E-state index is -3.32. The van der Waals surface area contributed by atoms with Gasteiger partial charge in [-0.05, 0) is 40.0 Å². The highest BCUT2D eigenvalue weighted by Gasteiger charge is 2.22. The van der Waals surface area contributed by atoms with Crippen molar-refractivity contribution in [2.24, 2.45) is 0 Å². The average molecular weight is 308 g/mol. The number of nitrogens with zero attached hydrogens (tertiary/aromatic N) is 3. The standard InChI is InChI=1S/C13H32N4O2S/c1-13(2)14-9-7-11-16(5)20(18,19)17(6)12-8-10-15(3)4/h13-14H,7-12H2,1-6H3. The van der Waals surface area contributed by atoms with E-state index in [1.165, 1.54) is 8.61 Å². The van der Waals surface area contributed by atoms with Gasteiger partial charge in [0.25, 0.3) is 10.2 Å². The van der Waals surface area contributed by atoms with Crippen molar-refractivity contribution in [3.63, 3.8) is 0 Å². The van der Waals surface area contributed by atoms with E-state index in [0.29, 0.717) is 19.1 Å². The molecule has 1 N–H and O–H groups in total. The van der Waals surface area contributed by atoms with Gasteiger partial charge in [-0.25, -0.2) is 0 Å². The van der Waals surface area contributed by atoms with Gasteiger partial charge in [0.2, 0.25) is 0 Å². The lowest BCUT2D eigenvalue weighted by Crippen LogP contribution is -2.41. The third-order valence-corrected chi connectivity index (χ3v) is 5.01. The molecule has 0 unspecified atom stereocenters. The average Bonchev–Trinajstić information content (AvgIpc) is 2.33. The minimum absolute atomic E-state index is 0.436. The first-order chi connectivity index (χ1) is 9.17. The van der Waals surface area contributed by atoms with Gasteiger partial charge in [0.15, 0.2) is 0 Å². The Morgan fingerprint density at radius 2 is 1.40 bits per heavy atom. The first kappa shape index (κ1) is 19.8. The summed E-state index contributed by atoms with van der Waals surface area (Å²) in [4.78, 5) is 2.06. The van der Waals surface area contributed by atoms with Crippen LogP contribution in [0.4, 0.5) is 0 Å². The molecule has 0 amide bonds. The van der Waals surface area contributed by atoms with Gasteiger partial charge < -0.3 is 10.2 Å². The van der Waals surface area contributed by atoms with Crippen molar-refractivity contribution in [1.82, 2.24) is 18.8 Å². The van der Waals surface area contributed by atoms with Gasteiger partial charge in [-0.15, -0.1) is 0 Å². The fourth-order valence-corrected chi connectivity index (χ4v) is 2.97. The molecule has 0 heterocycles. The zero-order valence-corrected chi connectivity index (χ0v) is 14.7. The van der Waals surface area contributed by atoms with E-state index in [-0.39, 0.29) is 0 Å². The molecule has 0 fully saturated rings. The largest absolute Gasteiger partial charge is 0.314 e. The SMILES string of the molecule is CC(C)NCCCN(C)S(=O)(=O)N(C)CCCN(C)C. The Morgan fingerprint density at radius 1 is 0.900 bits per heavy atom. The molecule has 0 aliphatic heterocycles. The maximum absolute atomic E-state index is 12.3. The van der Waals surface area contributed by atoms with Gasteiger partial charge in [-0.2, -0.15) is 17.0 Å². The Hall–Kier alpha value is -0.210. The van der Waals surface area contributed by atoms with E-state index in [1.807, 2.05) is 14.1 Å². The summed E-state index contributed by atoms with van der Waals surface area (Å²) in [6, 6.07) is 0.436. The Bertz CT molecular complexity index is 344. The number of hydrogen-bond acceptors (Lipinski definition) is 4. The summed E-state index contributed by atoms with van der Waals surface area (Å²) in [6.45, 7) is 6.98. The molecule has 0 rings (SSSR count). The molecule has 0 aromatic rings. The van der Waals surface area contributed by atoms with Crippen molar-refractivity contribution < 1.29 is 8.42 Å². The van der Waals surface area contributed by atoms with Crippen LogP contribution in [0.2, 0.25) is 0 Å². The van der Waals surface area contributed by atoms with Gasteiger partial charge in [-0.3, -0.25) is 0 Å². The lowest BCUT2D eigenvalue weighted by molar-refractivity contribution is 0.350. The monoisotopic (exact) mass is 308 g/mol. The quantitative estimate of drug-likeness (QED) is 0.563. The van der Waals surface area contributed by atoms with Crippen molar-refractivity contribution >= 4 is 10.2 Å². The van der Waals surface area contributed by atoms with Crippen LogP contribution in [0.15, 0.2) is 0 Å². The summed E-state index contributed by atoms with van der Waals surface area (Å²) >= 11 is 0. The normalized spacial score (nSPS) is 13.1. The highest BCUT2D eigenvalue weighted by atomic mass is 32.2. The maximum atomic E-state index is 12.3. The van der Waals surface area contributed by atoms with Gasteiger partial charge in [0.05, 0.1) is 0 Å². The molecule has 20 heavy (non-hydrogen) atoms. The summed E-state index contributed by atoms with van der Waals surface area (Å²) in [7, 11) is 3.95. The molecule has 6 nitrogen and oxygen atoms in total. The highest BCUT2D eigenvalue weighted by Crippen LogP contribution is 2.05. The molecule has 0 atom stereocenters. The molecule has 0 aromatic carbocycles. The molecule has 122 valence electrons. The second-order valence-corrected chi connectivity index (χ2v) is 7.91. The molecule has 0 aliphatic carbocycles. The predicted octanol–water partition coefficient (Wildman–Crippen LogP) is 0.435. The molecule has 0 aromatic heterocycles. The number of hydrogen-bond donors (Lipinski definition) is 1. The van der Waals surface area contributed by atoms with E-state index < -0.39 is 10.2 Å². The smallest absolute Gasteiger partial charge is 0.281 e. The molecular formula is C13H32N4O2S. The van der Waals surface area contributed by atoms with E-state index in [9.17, 15) is 8.42 Å². The van der Waals surface area contributed by atoms with Crippen LogP contribution in [0.3, 0.4) is 0 Å². The van der Waals surface area contributed by atoms with Crippen LogP contribution >= 0.6 is 0 Å². The Labute approximate surface area is 125 Å². The predicted molar refractivity (Wildman–Crippen MR) is 85.1 cm³/mol. The van der Waals surface area contributed by atoms with E-state index in [0.717, 1.165) is 25.9 Å². The lowest BCUT2D eigenvalue weighted by atomic mass is 10.3. The van der Waals surface area contributed by atoms with Gasteiger partial charge in [0.1, 0.15) is 0 Å². The summed E-state index contributed by atoms with van der Waals surface area (Å²) in [6.07, 6.45) is 1.66. The van der Waals surface area contributed by atoms with Crippen LogP contribution in [0, 0.1) is 0 Å². The molecule has 0 aliphatic rings. The van der Waals surface area contributed by atoms with Crippen LogP contribution in [-0.2, 0) is 10.2 Å². The van der Waals surface area contributed by atoms with Crippen LogP contribution < -0.4 is 5.32 Å². The van der Waals surface area contributed by atoms with E-state index in [2.05, 4.69) is 24.1 Å². The minimum Gasteiger partial charge on any atom is -0.314 e. The van der Waals surface area contributed by atoms with Crippen LogP contribution in [0.5, 0.6) is 0 Å². The summed E-state index contributed by atoms with van der Waals surface area (Å²) in [5.74, 6) is 0. The molecule has 0 saturated carbocycles. The fraction of sp³-hybridized carbons (Fsp3) is 1.00. The highest BCUT2D eigenvalue weighted by molar-refractivity contribution is 7.86. The summed E-state index contributed by atoms with van der Waals surface area (Å²) in [5, 5.41) is 3.29. The van der Waals surface area contributed by atoms with Gasteiger partial charge in [0, 0.05) is 33.2 Å². The van der Waals surface area contributed by atoms with Gasteiger partial charge >= 0.3 is 0 Å². The molecular weight excluding hydrogens is 276 g/mol. The van der Waals surface area contributed by atoms with Crippen LogP contribution in [-0.4, -0.2) is 82.3 Å². The summed E-state index contributed by atoms with van der Waals surface area (Å²) in [5.41, 5.74) is 0. The molecule has 0 bridgehead atoms. The Balaban J connectivity index is 4.12. The van der Waals surface area contributed by atoms with Crippen molar-refractivity contribution in [3.8, 4) is 0 Å². The maximum Gasteiger partial charge on any atom is 0.281 e. The zero-order valence-electron chi connectivity index (χ0n) is 13.9. The second kappa shape index (κ2) is 9.68. The number of nitrogens with one attached hydrogen (secondary N) is 1. The van der Waals surface area contributed by atoms with E-state index in [4.69, 9.17) is 0 Å². The first-order valence-corrected chi connectivity index (χ1v) is 8.63. The van der Waals surface area contributed by atoms with E-state index >= 15 is 0 Å². The second-order valence-electron chi connectivity index (χ2n) is 5.77. The van der Waals surface area contributed by atoms with Crippen LogP contribution in [0.25, 0.3) is 0 Å². The number of rotatable bonds is 11. The third-order valence-electron chi connectivity index (χ3n) is 3.07. The zero-order chi connectivity index (χ0) is 15.8. The molecule has 0 radical (unpaired) electrons. The third kappa shape index (κ3) is 8.16.